The van der Waals surface area contributed by atoms with Crippen molar-refractivity contribution in [3.63, 3.8) is 0 Å². The highest BCUT2D eigenvalue weighted by molar-refractivity contribution is 8.27. The summed E-state index contributed by atoms with van der Waals surface area (Å²) < 4.78 is 16.7. The molecule has 0 saturated carbocycles. The Morgan fingerprint density at radius 2 is 1.91 bits per heavy atom. The Morgan fingerprint density at radius 1 is 1.12 bits per heavy atom. The number of nitro groups is 1. The number of carbonyl (C=O) groups is 1. The molecule has 2 aromatic carbocycles. The van der Waals surface area contributed by atoms with E-state index in [9.17, 15) is 14.9 Å². The molecule has 0 aliphatic carbocycles. The number of nitrogens with zero attached hydrogens (tertiary/aromatic N) is 2. The van der Waals surface area contributed by atoms with E-state index in [1.165, 1.54) is 18.1 Å². The third-order valence-corrected chi connectivity index (χ3v) is 5.99. The zero-order chi connectivity index (χ0) is 22.8. The number of hydrogen-bond donors (Lipinski definition) is 0. The van der Waals surface area contributed by atoms with E-state index in [4.69, 9.17) is 26.1 Å². The molecule has 1 saturated heterocycles. The van der Waals surface area contributed by atoms with Crippen LogP contribution in [-0.4, -0.2) is 29.4 Å². The first-order valence-electron chi connectivity index (χ1n) is 9.26. The normalized spacial score (nSPS) is 14.8. The molecule has 0 bridgehead atoms. The van der Waals surface area contributed by atoms with Crippen LogP contribution in [0.5, 0.6) is 11.5 Å². The minimum absolute atomic E-state index is 0.0636. The van der Waals surface area contributed by atoms with Crippen LogP contribution in [0.1, 0.15) is 5.76 Å². The number of thioether (sulfide) groups is 1. The molecule has 3 aromatic rings. The zero-order valence-corrected chi connectivity index (χ0v) is 18.6. The summed E-state index contributed by atoms with van der Waals surface area (Å²) >= 11 is 6.55. The summed E-state index contributed by atoms with van der Waals surface area (Å²) in [5.74, 6) is 1.41. The van der Waals surface area contributed by atoms with Gasteiger partial charge in [0, 0.05) is 18.2 Å². The number of amides is 1. The van der Waals surface area contributed by atoms with Crippen LogP contribution in [-0.2, 0) is 4.79 Å². The Labute approximate surface area is 192 Å². The van der Waals surface area contributed by atoms with E-state index in [1.54, 1.807) is 61.7 Å². The summed E-state index contributed by atoms with van der Waals surface area (Å²) in [5, 5.41) is 11.3. The number of ether oxygens (including phenoxy) is 2. The molecule has 4 rings (SSSR count). The van der Waals surface area contributed by atoms with Crippen LogP contribution in [0.15, 0.2) is 63.9 Å². The Bertz CT molecular complexity index is 1270. The second-order valence-corrected chi connectivity index (χ2v) is 8.21. The first-order valence-corrected chi connectivity index (χ1v) is 10.5. The van der Waals surface area contributed by atoms with Gasteiger partial charge in [0.25, 0.3) is 11.6 Å². The van der Waals surface area contributed by atoms with Gasteiger partial charge in [-0.2, -0.15) is 0 Å². The number of furan rings is 1. The third-order valence-electron chi connectivity index (χ3n) is 4.69. The van der Waals surface area contributed by atoms with Crippen molar-refractivity contribution in [1.29, 1.82) is 0 Å². The number of nitro benzene ring substituents is 1. The molecule has 1 aromatic heterocycles. The SMILES string of the molecule is COc1ccc(N2C(=O)/C(=C\c3ccc(-c4ccccc4[N+](=O)[O-])o3)SC2=S)c(OC)c1. The summed E-state index contributed by atoms with van der Waals surface area (Å²) in [5.41, 5.74) is 0.790. The topological polar surface area (TPSA) is 95.0 Å². The predicted molar refractivity (Wildman–Crippen MR) is 126 cm³/mol. The molecule has 8 nitrogen and oxygen atoms in total. The second kappa shape index (κ2) is 8.85. The summed E-state index contributed by atoms with van der Waals surface area (Å²) in [4.78, 5) is 25.7. The van der Waals surface area contributed by atoms with Crippen molar-refractivity contribution in [2.24, 2.45) is 0 Å². The Hall–Kier alpha value is -3.63. The highest BCUT2D eigenvalue weighted by Crippen LogP contribution is 2.41. The fraction of sp³-hybridized carbons (Fsp3) is 0.0909. The number of benzene rings is 2. The molecule has 2 heterocycles. The van der Waals surface area contributed by atoms with Crippen molar-refractivity contribution >= 4 is 51.7 Å². The number of carbonyl (C=O) groups excluding carboxylic acids is 1. The average molecular weight is 469 g/mol. The molecular weight excluding hydrogens is 452 g/mol. The molecule has 0 atom stereocenters. The van der Waals surface area contributed by atoms with E-state index in [2.05, 4.69) is 0 Å². The summed E-state index contributed by atoms with van der Waals surface area (Å²) in [6, 6.07) is 14.6. The number of hydrogen-bond acceptors (Lipinski definition) is 8. The maximum Gasteiger partial charge on any atom is 0.280 e. The highest BCUT2D eigenvalue weighted by Gasteiger charge is 2.35. The van der Waals surface area contributed by atoms with Gasteiger partial charge in [0.15, 0.2) is 4.32 Å². The van der Waals surface area contributed by atoms with E-state index >= 15 is 0 Å². The van der Waals surface area contributed by atoms with Gasteiger partial charge in [0.2, 0.25) is 0 Å². The Kier molecular flexibility index (Phi) is 5.97. The van der Waals surface area contributed by atoms with E-state index in [-0.39, 0.29) is 11.6 Å². The summed E-state index contributed by atoms with van der Waals surface area (Å²) in [6.45, 7) is 0. The van der Waals surface area contributed by atoms with Gasteiger partial charge in [-0.15, -0.1) is 0 Å². The lowest BCUT2D eigenvalue weighted by molar-refractivity contribution is -0.384. The first kappa shape index (κ1) is 21.6. The highest BCUT2D eigenvalue weighted by atomic mass is 32.2. The second-order valence-electron chi connectivity index (χ2n) is 6.53. The predicted octanol–water partition coefficient (Wildman–Crippen LogP) is 5.28. The van der Waals surface area contributed by atoms with Gasteiger partial charge in [-0.25, -0.2) is 0 Å². The number of anilines is 1. The quantitative estimate of drug-likeness (QED) is 0.209. The molecule has 162 valence electrons. The Balaban J connectivity index is 1.65. The Morgan fingerprint density at radius 3 is 2.62 bits per heavy atom. The molecule has 0 radical (unpaired) electrons. The number of methoxy groups -OCH3 is 2. The number of para-hydroxylation sites is 1. The van der Waals surface area contributed by atoms with E-state index in [0.717, 1.165) is 11.8 Å². The van der Waals surface area contributed by atoms with Crippen LogP contribution in [0.2, 0.25) is 0 Å². The van der Waals surface area contributed by atoms with Gasteiger partial charge in [-0.05, 0) is 30.3 Å². The zero-order valence-electron chi connectivity index (χ0n) is 16.9. The van der Waals surface area contributed by atoms with Crippen molar-refractivity contribution in [2.45, 2.75) is 0 Å². The van der Waals surface area contributed by atoms with Crippen LogP contribution in [0.4, 0.5) is 11.4 Å². The lowest BCUT2D eigenvalue weighted by Crippen LogP contribution is -2.27. The largest absolute Gasteiger partial charge is 0.497 e. The smallest absolute Gasteiger partial charge is 0.280 e. The maximum absolute atomic E-state index is 13.1. The van der Waals surface area contributed by atoms with Crippen molar-refractivity contribution in [2.75, 3.05) is 19.1 Å². The van der Waals surface area contributed by atoms with Crippen LogP contribution in [0.3, 0.4) is 0 Å². The molecule has 32 heavy (non-hydrogen) atoms. The molecule has 1 amide bonds. The molecule has 1 fully saturated rings. The van der Waals surface area contributed by atoms with Gasteiger partial charge in [-0.3, -0.25) is 19.8 Å². The minimum Gasteiger partial charge on any atom is -0.497 e. The van der Waals surface area contributed by atoms with Gasteiger partial charge in [0.1, 0.15) is 23.0 Å². The molecular formula is C22H16N2O6S2. The van der Waals surface area contributed by atoms with Crippen molar-refractivity contribution in [3.05, 3.63) is 75.4 Å². The number of rotatable bonds is 6. The van der Waals surface area contributed by atoms with Gasteiger partial charge in [-0.1, -0.05) is 36.1 Å². The lowest BCUT2D eigenvalue weighted by Gasteiger charge is -2.18. The molecule has 0 unspecified atom stereocenters. The van der Waals surface area contributed by atoms with Crippen LogP contribution >= 0.6 is 24.0 Å². The van der Waals surface area contributed by atoms with Crippen molar-refractivity contribution in [3.8, 4) is 22.8 Å². The molecule has 0 N–H and O–H groups in total. The third kappa shape index (κ3) is 3.97. The molecule has 0 spiro atoms. The van der Waals surface area contributed by atoms with E-state index in [1.807, 2.05) is 0 Å². The molecule has 1 aliphatic heterocycles. The van der Waals surface area contributed by atoms with Crippen molar-refractivity contribution in [1.82, 2.24) is 0 Å². The van der Waals surface area contributed by atoms with E-state index < -0.39 is 4.92 Å². The summed E-state index contributed by atoms with van der Waals surface area (Å²) in [6.07, 6.45) is 1.56. The van der Waals surface area contributed by atoms with Gasteiger partial charge in [0.05, 0.1) is 35.3 Å². The van der Waals surface area contributed by atoms with Crippen molar-refractivity contribution < 1.29 is 23.6 Å². The van der Waals surface area contributed by atoms with Gasteiger partial charge >= 0.3 is 0 Å². The number of thiocarbonyl (C=S) groups is 1. The van der Waals surface area contributed by atoms with E-state index in [0.29, 0.717) is 43.5 Å². The lowest BCUT2D eigenvalue weighted by atomic mass is 10.1. The fourth-order valence-corrected chi connectivity index (χ4v) is 4.46. The fourth-order valence-electron chi connectivity index (χ4n) is 3.19. The standard InChI is InChI=1S/C22H16N2O6S2/c1-28-13-7-9-17(19(11-13)29-2)23-21(25)20(32-22(23)31)12-14-8-10-18(30-14)15-5-3-4-6-16(15)24(26)27/h3-12H,1-2H3/b20-12+. The van der Waals surface area contributed by atoms with Crippen LogP contribution in [0.25, 0.3) is 17.4 Å². The molecule has 10 heteroatoms. The maximum atomic E-state index is 13.1. The first-order chi connectivity index (χ1) is 15.4. The van der Waals surface area contributed by atoms with Crippen LogP contribution in [0, 0.1) is 10.1 Å². The molecule has 1 aliphatic rings. The average Bonchev–Trinajstić information content (AvgIpc) is 3.37. The van der Waals surface area contributed by atoms with Gasteiger partial charge < -0.3 is 13.9 Å². The van der Waals surface area contributed by atoms with Crippen LogP contribution < -0.4 is 14.4 Å². The minimum atomic E-state index is -0.467. The summed E-state index contributed by atoms with van der Waals surface area (Å²) in [7, 11) is 3.04. The monoisotopic (exact) mass is 468 g/mol.